The van der Waals surface area contributed by atoms with Gasteiger partial charge in [0.05, 0.1) is 16.7 Å². The van der Waals surface area contributed by atoms with E-state index in [1.165, 1.54) is 0 Å². The molecule has 0 radical (unpaired) electrons. The van der Waals surface area contributed by atoms with Crippen LogP contribution in [0.2, 0.25) is 0 Å². The zero-order valence-corrected chi connectivity index (χ0v) is 13.7. The van der Waals surface area contributed by atoms with Crippen LogP contribution in [0, 0.1) is 13.8 Å². The number of rotatable bonds is 5. The van der Waals surface area contributed by atoms with E-state index >= 15 is 0 Å². The number of benzene rings is 2. The molecule has 0 bridgehead atoms. The van der Waals surface area contributed by atoms with E-state index in [9.17, 15) is 13.2 Å². The highest BCUT2D eigenvalue weighted by molar-refractivity contribution is 7.90. The molecule has 0 unspecified atom stereocenters. The lowest BCUT2D eigenvalue weighted by Crippen LogP contribution is -2.08. The first-order valence-electron chi connectivity index (χ1n) is 6.99. The Kier molecular flexibility index (Phi) is 5.28. The van der Waals surface area contributed by atoms with Crippen molar-refractivity contribution in [3.8, 4) is 0 Å². The molecule has 0 aliphatic rings. The molecular weight excluding hydrogens is 314 g/mol. The highest BCUT2D eigenvalue weighted by atomic mass is 32.2. The van der Waals surface area contributed by atoms with Crippen molar-refractivity contribution in [2.45, 2.75) is 18.7 Å². The Morgan fingerprint density at radius 2 is 1.65 bits per heavy atom. The van der Waals surface area contributed by atoms with Crippen molar-refractivity contribution in [1.29, 1.82) is 0 Å². The average molecular weight is 331 g/mol. The number of aryl methyl sites for hydroxylation is 2. The number of carbonyl (C=O) groups is 1. The van der Waals surface area contributed by atoms with Crippen LogP contribution in [0.4, 0.5) is 0 Å². The van der Waals surface area contributed by atoms with Crippen molar-refractivity contribution in [1.82, 2.24) is 0 Å². The summed E-state index contributed by atoms with van der Waals surface area (Å²) in [4.78, 5) is 11.9. The summed E-state index contributed by atoms with van der Waals surface area (Å²) in [6.07, 6.45) is 1.09. The van der Waals surface area contributed by atoms with Gasteiger partial charge in [-0.1, -0.05) is 36.4 Å². The molecule has 0 saturated heterocycles. The molecule has 0 aliphatic carbocycles. The Labute approximate surface area is 135 Å². The van der Waals surface area contributed by atoms with Gasteiger partial charge in [0.2, 0.25) is 0 Å². The SMILES string of the molecule is Cc1cccc(C)c1S(=O)(=O)/N=C/COC(=O)c1ccccc1. The number of esters is 1. The molecule has 2 aromatic rings. The van der Waals surface area contributed by atoms with E-state index in [4.69, 9.17) is 4.74 Å². The molecule has 6 heteroatoms. The Balaban J connectivity index is 2.04. The van der Waals surface area contributed by atoms with Crippen molar-refractivity contribution in [3.63, 3.8) is 0 Å². The fraction of sp³-hybridized carbons (Fsp3) is 0.176. The van der Waals surface area contributed by atoms with E-state index in [1.54, 1.807) is 62.4 Å². The molecule has 0 N–H and O–H groups in total. The summed E-state index contributed by atoms with van der Waals surface area (Å²) in [5.74, 6) is -0.526. The third-order valence-electron chi connectivity index (χ3n) is 3.18. The molecular formula is C17H17NO4S. The summed E-state index contributed by atoms with van der Waals surface area (Å²) in [7, 11) is -3.81. The van der Waals surface area contributed by atoms with Crippen LogP contribution in [0.25, 0.3) is 0 Å². The van der Waals surface area contributed by atoms with Gasteiger partial charge in [0.15, 0.2) is 0 Å². The van der Waals surface area contributed by atoms with Gasteiger partial charge in [-0.25, -0.2) is 4.79 Å². The lowest BCUT2D eigenvalue weighted by molar-refractivity contribution is 0.0567. The maximum absolute atomic E-state index is 12.3. The molecule has 0 fully saturated rings. The molecule has 120 valence electrons. The molecule has 0 amide bonds. The van der Waals surface area contributed by atoms with E-state index in [2.05, 4.69) is 4.40 Å². The monoisotopic (exact) mass is 331 g/mol. The molecule has 5 nitrogen and oxygen atoms in total. The van der Waals surface area contributed by atoms with Gasteiger partial charge in [0.1, 0.15) is 6.61 Å². The van der Waals surface area contributed by atoms with E-state index in [0.717, 1.165) is 6.21 Å². The Morgan fingerprint density at radius 3 is 2.26 bits per heavy atom. The molecule has 0 aromatic heterocycles. The molecule has 0 heterocycles. The fourth-order valence-electron chi connectivity index (χ4n) is 2.16. The smallest absolute Gasteiger partial charge is 0.338 e. The predicted octanol–water partition coefficient (Wildman–Crippen LogP) is 2.92. The van der Waals surface area contributed by atoms with Crippen molar-refractivity contribution in [3.05, 3.63) is 65.2 Å². The normalized spacial score (nSPS) is 11.6. The van der Waals surface area contributed by atoms with Gasteiger partial charge in [0, 0.05) is 0 Å². The average Bonchev–Trinajstić information content (AvgIpc) is 2.52. The predicted molar refractivity (Wildman–Crippen MR) is 88.3 cm³/mol. The Morgan fingerprint density at radius 1 is 1.04 bits per heavy atom. The van der Waals surface area contributed by atoms with Crippen molar-refractivity contribution < 1.29 is 17.9 Å². The molecule has 0 atom stereocenters. The summed E-state index contributed by atoms with van der Waals surface area (Å²) >= 11 is 0. The minimum Gasteiger partial charge on any atom is -0.456 e. The minimum atomic E-state index is -3.81. The van der Waals surface area contributed by atoms with Crippen LogP contribution in [0.3, 0.4) is 0 Å². The molecule has 0 aliphatic heterocycles. The van der Waals surface area contributed by atoms with Gasteiger partial charge < -0.3 is 4.74 Å². The first-order chi connectivity index (χ1) is 10.9. The number of hydrogen-bond donors (Lipinski definition) is 0. The largest absolute Gasteiger partial charge is 0.456 e. The van der Waals surface area contributed by atoms with Gasteiger partial charge in [-0.05, 0) is 37.1 Å². The second-order valence-corrected chi connectivity index (χ2v) is 6.52. The van der Waals surface area contributed by atoms with Crippen LogP contribution in [-0.2, 0) is 14.8 Å². The van der Waals surface area contributed by atoms with Gasteiger partial charge in [-0.15, -0.1) is 0 Å². The van der Waals surface area contributed by atoms with Crippen LogP contribution in [0.1, 0.15) is 21.5 Å². The topological polar surface area (TPSA) is 72.8 Å². The molecule has 2 aromatic carbocycles. The summed E-state index contributed by atoms with van der Waals surface area (Å²) in [6, 6.07) is 13.7. The maximum atomic E-state index is 12.3. The molecule has 0 saturated carbocycles. The summed E-state index contributed by atoms with van der Waals surface area (Å²) in [6.45, 7) is 3.22. The van der Waals surface area contributed by atoms with E-state index < -0.39 is 16.0 Å². The minimum absolute atomic E-state index is 0.186. The standard InChI is InChI=1S/C17H17NO4S/c1-13-7-6-8-14(2)16(13)23(20,21)18-11-12-22-17(19)15-9-4-3-5-10-15/h3-11H,12H2,1-2H3/b18-11+. The van der Waals surface area contributed by atoms with Crippen molar-refractivity contribution in [2.24, 2.45) is 4.40 Å². The molecule has 23 heavy (non-hydrogen) atoms. The maximum Gasteiger partial charge on any atom is 0.338 e. The van der Waals surface area contributed by atoms with Gasteiger partial charge in [0.25, 0.3) is 10.0 Å². The van der Waals surface area contributed by atoms with Crippen molar-refractivity contribution in [2.75, 3.05) is 6.61 Å². The number of ether oxygens (including phenoxy) is 1. The third-order valence-corrected chi connectivity index (χ3v) is 4.76. The van der Waals surface area contributed by atoms with Crippen LogP contribution in [0.15, 0.2) is 57.8 Å². The molecule has 0 spiro atoms. The first kappa shape index (κ1) is 16.9. The van der Waals surface area contributed by atoms with Crippen LogP contribution < -0.4 is 0 Å². The number of sulfonamides is 1. The van der Waals surface area contributed by atoms with Crippen LogP contribution in [-0.4, -0.2) is 27.2 Å². The highest BCUT2D eigenvalue weighted by Crippen LogP contribution is 2.21. The lowest BCUT2D eigenvalue weighted by Gasteiger charge is -2.06. The number of nitrogens with zero attached hydrogens (tertiary/aromatic N) is 1. The van der Waals surface area contributed by atoms with Gasteiger partial charge in [-0.2, -0.15) is 12.8 Å². The lowest BCUT2D eigenvalue weighted by atomic mass is 10.2. The Bertz CT molecular complexity index is 807. The van der Waals surface area contributed by atoms with Crippen LogP contribution >= 0.6 is 0 Å². The number of hydrogen-bond acceptors (Lipinski definition) is 4. The third kappa shape index (κ3) is 4.26. The fourth-order valence-corrected chi connectivity index (χ4v) is 3.47. The van der Waals surface area contributed by atoms with E-state index in [0.29, 0.717) is 16.7 Å². The molecule has 2 rings (SSSR count). The highest BCUT2D eigenvalue weighted by Gasteiger charge is 2.17. The number of carbonyl (C=O) groups excluding carboxylic acids is 1. The van der Waals surface area contributed by atoms with E-state index in [-0.39, 0.29) is 11.5 Å². The summed E-state index contributed by atoms with van der Waals surface area (Å²) < 4.78 is 33.1. The second kappa shape index (κ2) is 7.19. The van der Waals surface area contributed by atoms with Gasteiger partial charge >= 0.3 is 5.97 Å². The summed E-state index contributed by atoms with van der Waals surface area (Å²) in [5.41, 5.74) is 1.66. The zero-order chi connectivity index (χ0) is 16.9. The quantitative estimate of drug-likeness (QED) is 0.624. The van der Waals surface area contributed by atoms with Crippen LogP contribution in [0.5, 0.6) is 0 Å². The Hall–Kier alpha value is -2.47. The van der Waals surface area contributed by atoms with Crippen molar-refractivity contribution >= 4 is 22.2 Å². The first-order valence-corrected chi connectivity index (χ1v) is 8.43. The summed E-state index contributed by atoms with van der Waals surface area (Å²) in [5, 5.41) is 0. The second-order valence-electron chi connectivity index (χ2n) is 4.95. The van der Waals surface area contributed by atoms with Gasteiger partial charge in [-0.3, -0.25) is 0 Å². The zero-order valence-electron chi connectivity index (χ0n) is 12.9. The van der Waals surface area contributed by atoms with E-state index in [1.807, 2.05) is 0 Å².